The van der Waals surface area contributed by atoms with Gasteiger partial charge in [-0.3, -0.25) is 4.79 Å². The third-order valence-electron chi connectivity index (χ3n) is 2.12. The maximum absolute atomic E-state index is 11.0. The molecular weight excluding hydrogens is 260 g/mol. The molecule has 0 unspecified atom stereocenters. The Morgan fingerprint density at radius 1 is 1.53 bits per heavy atom. The SMILES string of the molecule is NC(=O)c1ccc(Cl)c(NCc2csnn2)c1. The first-order valence-corrected chi connectivity index (χ1v) is 5.97. The Bertz CT molecular complexity index is 529. The van der Waals surface area contributed by atoms with E-state index in [1.54, 1.807) is 18.2 Å². The van der Waals surface area contributed by atoms with Gasteiger partial charge in [-0.25, -0.2) is 0 Å². The van der Waals surface area contributed by atoms with Crippen molar-refractivity contribution in [1.29, 1.82) is 0 Å². The van der Waals surface area contributed by atoms with Crippen LogP contribution in [-0.2, 0) is 6.54 Å². The molecule has 1 aromatic carbocycles. The van der Waals surface area contributed by atoms with Crippen molar-refractivity contribution in [2.45, 2.75) is 6.54 Å². The average Bonchev–Trinajstić information content (AvgIpc) is 2.80. The molecule has 0 radical (unpaired) electrons. The number of anilines is 1. The van der Waals surface area contributed by atoms with Gasteiger partial charge < -0.3 is 11.1 Å². The average molecular weight is 269 g/mol. The highest BCUT2D eigenvalue weighted by molar-refractivity contribution is 7.03. The molecule has 0 aliphatic carbocycles. The van der Waals surface area contributed by atoms with Crippen LogP contribution in [0.25, 0.3) is 0 Å². The van der Waals surface area contributed by atoms with Crippen LogP contribution in [0.1, 0.15) is 16.1 Å². The largest absolute Gasteiger partial charge is 0.378 e. The number of carbonyl (C=O) groups is 1. The van der Waals surface area contributed by atoms with Gasteiger partial charge in [0.2, 0.25) is 5.91 Å². The minimum absolute atomic E-state index is 0.410. The van der Waals surface area contributed by atoms with Gasteiger partial charge in [0.05, 0.1) is 22.9 Å². The van der Waals surface area contributed by atoms with Crippen molar-refractivity contribution >= 4 is 34.7 Å². The topological polar surface area (TPSA) is 80.9 Å². The molecule has 1 heterocycles. The van der Waals surface area contributed by atoms with Crippen LogP contribution in [0.3, 0.4) is 0 Å². The van der Waals surface area contributed by atoms with E-state index >= 15 is 0 Å². The zero-order valence-corrected chi connectivity index (χ0v) is 10.3. The van der Waals surface area contributed by atoms with Gasteiger partial charge in [0, 0.05) is 10.9 Å². The summed E-state index contributed by atoms with van der Waals surface area (Å²) in [6.45, 7) is 0.498. The smallest absolute Gasteiger partial charge is 0.248 e. The fourth-order valence-electron chi connectivity index (χ4n) is 1.26. The highest BCUT2D eigenvalue weighted by Gasteiger charge is 2.06. The first kappa shape index (κ1) is 11.8. The molecular formula is C10H9ClN4OS. The third kappa shape index (κ3) is 2.92. The summed E-state index contributed by atoms with van der Waals surface area (Å²) in [5, 5.41) is 9.32. The van der Waals surface area contributed by atoms with Gasteiger partial charge in [-0.15, -0.1) is 5.10 Å². The quantitative estimate of drug-likeness (QED) is 0.887. The van der Waals surface area contributed by atoms with Crippen LogP contribution in [0.5, 0.6) is 0 Å². The summed E-state index contributed by atoms with van der Waals surface area (Å²) in [6.07, 6.45) is 0. The summed E-state index contributed by atoms with van der Waals surface area (Å²) in [7, 11) is 0. The first-order valence-electron chi connectivity index (χ1n) is 4.76. The van der Waals surface area contributed by atoms with Crippen molar-refractivity contribution in [3.05, 3.63) is 39.9 Å². The third-order valence-corrected chi connectivity index (χ3v) is 3.00. The number of aromatic nitrogens is 2. The molecule has 2 rings (SSSR count). The van der Waals surface area contributed by atoms with Gasteiger partial charge in [-0.05, 0) is 29.7 Å². The highest BCUT2D eigenvalue weighted by atomic mass is 35.5. The zero-order valence-electron chi connectivity index (χ0n) is 8.68. The molecule has 0 bridgehead atoms. The van der Waals surface area contributed by atoms with E-state index in [1.165, 1.54) is 11.5 Å². The lowest BCUT2D eigenvalue weighted by Crippen LogP contribution is -2.11. The van der Waals surface area contributed by atoms with E-state index in [0.717, 1.165) is 5.69 Å². The van der Waals surface area contributed by atoms with Crippen molar-refractivity contribution in [3.63, 3.8) is 0 Å². The zero-order chi connectivity index (χ0) is 12.3. The van der Waals surface area contributed by atoms with Gasteiger partial charge in [0.15, 0.2) is 0 Å². The monoisotopic (exact) mass is 268 g/mol. The van der Waals surface area contributed by atoms with Crippen LogP contribution in [0.15, 0.2) is 23.6 Å². The Morgan fingerprint density at radius 2 is 2.35 bits per heavy atom. The van der Waals surface area contributed by atoms with Crippen LogP contribution in [0, 0.1) is 0 Å². The van der Waals surface area contributed by atoms with Gasteiger partial charge in [-0.1, -0.05) is 16.1 Å². The summed E-state index contributed by atoms with van der Waals surface area (Å²) in [5.41, 5.74) is 7.07. The number of halogens is 1. The van der Waals surface area contributed by atoms with Crippen LogP contribution in [0.2, 0.25) is 5.02 Å². The summed E-state index contributed by atoms with van der Waals surface area (Å²) in [4.78, 5) is 11.0. The molecule has 0 aliphatic heterocycles. The number of nitrogens with one attached hydrogen (secondary N) is 1. The molecule has 2 aromatic rings. The summed E-state index contributed by atoms with van der Waals surface area (Å²) in [5.74, 6) is -0.486. The molecule has 0 fully saturated rings. The minimum Gasteiger partial charge on any atom is -0.378 e. The van der Waals surface area contributed by atoms with E-state index in [9.17, 15) is 4.79 Å². The van der Waals surface area contributed by atoms with Gasteiger partial charge in [0.1, 0.15) is 0 Å². The van der Waals surface area contributed by atoms with Gasteiger partial charge in [0.25, 0.3) is 0 Å². The fraction of sp³-hybridized carbons (Fsp3) is 0.100. The van der Waals surface area contributed by atoms with E-state index < -0.39 is 5.91 Å². The Balaban J connectivity index is 2.14. The number of primary amides is 1. The molecule has 0 aliphatic rings. The number of rotatable bonds is 4. The van der Waals surface area contributed by atoms with Crippen molar-refractivity contribution in [2.24, 2.45) is 5.73 Å². The molecule has 0 atom stereocenters. The van der Waals surface area contributed by atoms with E-state index in [0.29, 0.717) is 22.8 Å². The number of benzene rings is 1. The van der Waals surface area contributed by atoms with E-state index in [-0.39, 0.29) is 0 Å². The Labute approximate surface area is 107 Å². The minimum atomic E-state index is -0.486. The van der Waals surface area contributed by atoms with Crippen molar-refractivity contribution in [1.82, 2.24) is 9.59 Å². The lowest BCUT2D eigenvalue weighted by Gasteiger charge is -2.07. The summed E-state index contributed by atoms with van der Waals surface area (Å²) >= 11 is 7.27. The van der Waals surface area contributed by atoms with Crippen LogP contribution < -0.4 is 11.1 Å². The number of nitrogens with two attached hydrogens (primary N) is 1. The molecule has 5 nitrogen and oxygen atoms in total. The fourth-order valence-corrected chi connectivity index (χ4v) is 1.90. The molecule has 0 saturated heterocycles. The maximum atomic E-state index is 11.0. The number of carbonyl (C=O) groups excluding carboxylic acids is 1. The Hall–Kier alpha value is -1.66. The summed E-state index contributed by atoms with van der Waals surface area (Å²) < 4.78 is 3.75. The molecule has 1 amide bonds. The Kier molecular flexibility index (Phi) is 3.55. The normalized spacial score (nSPS) is 10.2. The molecule has 0 spiro atoms. The van der Waals surface area contributed by atoms with E-state index in [1.807, 2.05) is 5.38 Å². The van der Waals surface area contributed by atoms with Gasteiger partial charge in [-0.2, -0.15) is 0 Å². The lowest BCUT2D eigenvalue weighted by molar-refractivity contribution is 0.100. The predicted molar refractivity (Wildman–Crippen MR) is 67.2 cm³/mol. The van der Waals surface area contributed by atoms with Crippen LogP contribution >= 0.6 is 23.1 Å². The van der Waals surface area contributed by atoms with E-state index in [2.05, 4.69) is 14.9 Å². The second-order valence-electron chi connectivity index (χ2n) is 3.31. The first-order chi connectivity index (χ1) is 8.16. The molecule has 1 aromatic heterocycles. The molecule has 7 heteroatoms. The number of amides is 1. The summed E-state index contributed by atoms with van der Waals surface area (Å²) in [6, 6.07) is 4.83. The predicted octanol–water partition coefficient (Wildman–Crippen LogP) is 1.90. The maximum Gasteiger partial charge on any atom is 0.248 e. The number of hydrogen-bond donors (Lipinski definition) is 2. The molecule has 3 N–H and O–H groups in total. The van der Waals surface area contributed by atoms with Gasteiger partial charge >= 0.3 is 0 Å². The number of nitrogens with zero attached hydrogens (tertiary/aromatic N) is 2. The molecule has 17 heavy (non-hydrogen) atoms. The lowest BCUT2D eigenvalue weighted by atomic mass is 10.2. The second-order valence-corrected chi connectivity index (χ2v) is 4.33. The molecule has 88 valence electrons. The number of hydrogen-bond acceptors (Lipinski definition) is 5. The van der Waals surface area contributed by atoms with Crippen LogP contribution in [0.4, 0.5) is 5.69 Å². The van der Waals surface area contributed by atoms with Crippen molar-refractivity contribution < 1.29 is 4.79 Å². The van der Waals surface area contributed by atoms with Crippen molar-refractivity contribution in [2.75, 3.05) is 5.32 Å². The highest BCUT2D eigenvalue weighted by Crippen LogP contribution is 2.23. The van der Waals surface area contributed by atoms with E-state index in [4.69, 9.17) is 17.3 Å². The second kappa shape index (κ2) is 5.11. The standard InChI is InChI=1S/C10H9ClN4OS/c11-8-2-1-6(10(12)16)3-9(8)13-4-7-5-17-15-14-7/h1-3,5,13H,4H2,(H2,12,16). The van der Waals surface area contributed by atoms with Crippen molar-refractivity contribution in [3.8, 4) is 0 Å². The Morgan fingerprint density at radius 3 is 3.00 bits per heavy atom. The molecule has 0 saturated carbocycles. The van der Waals surface area contributed by atoms with Crippen LogP contribution in [-0.4, -0.2) is 15.5 Å².